The van der Waals surface area contributed by atoms with E-state index in [1.54, 1.807) is 12.1 Å². The molecule has 0 amide bonds. The lowest BCUT2D eigenvalue weighted by molar-refractivity contribution is 0.682. The lowest BCUT2D eigenvalue weighted by Crippen LogP contribution is -1.95. The van der Waals surface area contributed by atoms with E-state index in [1.165, 1.54) is 0 Å². The number of aromatic nitrogens is 2. The highest BCUT2D eigenvalue weighted by Crippen LogP contribution is 2.18. The van der Waals surface area contributed by atoms with Gasteiger partial charge in [0.25, 0.3) is 0 Å². The van der Waals surface area contributed by atoms with E-state index < -0.39 is 10.8 Å². The molecule has 0 saturated carbocycles. The fourth-order valence-electron chi connectivity index (χ4n) is 1.13. The van der Waals surface area contributed by atoms with Crippen molar-refractivity contribution in [2.45, 2.75) is 10.1 Å². The molecule has 0 N–H and O–H groups in total. The molecular formula is C9H6Cl2N2OS2. The number of nitrogens with zero attached hydrogens (tertiary/aromatic N) is 2. The van der Waals surface area contributed by atoms with Crippen LogP contribution in [0.15, 0.2) is 28.6 Å². The quantitative estimate of drug-likeness (QED) is 0.873. The van der Waals surface area contributed by atoms with Gasteiger partial charge in [-0.2, -0.15) is 9.36 Å². The van der Waals surface area contributed by atoms with Gasteiger partial charge in [0.2, 0.25) is 9.62 Å². The van der Waals surface area contributed by atoms with Crippen LogP contribution in [0.1, 0.15) is 5.56 Å². The first-order chi connectivity index (χ1) is 7.65. The van der Waals surface area contributed by atoms with Gasteiger partial charge in [0.05, 0.1) is 16.6 Å². The summed E-state index contributed by atoms with van der Waals surface area (Å²) in [5.74, 6) is 0.367. The van der Waals surface area contributed by atoms with Gasteiger partial charge in [-0.25, -0.2) is 0 Å². The van der Waals surface area contributed by atoms with Crippen molar-refractivity contribution in [3.63, 3.8) is 0 Å². The molecular weight excluding hydrogens is 287 g/mol. The SMILES string of the molecule is O=[S@@](Cc1cccc(Cl)c1)c1nc(Cl)ns1. The lowest BCUT2D eigenvalue weighted by atomic mass is 10.2. The molecule has 16 heavy (non-hydrogen) atoms. The lowest BCUT2D eigenvalue weighted by Gasteiger charge is -1.99. The zero-order valence-electron chi connectivity index (χ0n) is 7.89. The molecule has 0 aliphatic heterocycles. The Kier molecular flexibility index (Phi) is 3.91. The Balaban J connectivity index is 2.13. The first kappa shape index (κ1) is 12.0. The molecule has 84 valence electrons. The molecule has 0 saturated heterocycles. The molecule has 0 spiro atoms. The van der Waals surface area contributed by atoms with Crippen LogP contribution in [0.5, 0.6) is 0 Å². The van der Waals surface area contributed by atoms with Crippen molar-refractivity contribution >= 4 is 45.5 Å². The van der Waals surface area contributed by atoms with Crippen LogP contribution in [-0.4, -0.2) is 13.6 Å². The summed E-state index contributed by atoms with van der Waals surface area (Å²) in [6.07, 6.45) is 0. The summed E-state index contributed by atoms with van der Waals surface area (Å²) in [5.41, 5.74) is 0.900. The molecule has 2 rings (SSSR count). The molecule has 0 aliphatic carbocycles. The van der Waals surface area contributed by atoms with E-state index in [2.05, 4.69) is 9.36 Å². The molecule has 0 bridgehead atoms. The second-order valence-electron chi connectivity index (χ2n) is 2.95. The molecule has 1 atom stereocenters. The highest BCUT2D eigenvalue weighted by Gasteiger charge is 2.10. The molecule has 1 aromatic carbocycles. The van der Waals surface area contributed by atoms with Crippen LogP contribution in [-0.2, 0) is 16.6 Å². The van der Waals surface area contributed by atoms with Gasteiger partial charge in [-0.15, -0.1) is 0 Å². The molecule has 0 aliphatic rings. The van der Waals surface area contributed by atoms with Gasteiger partial charge in [-0.05, 0) is 40.8 Å². The van der Waals surface area contributed by atoms with Crippen molar-refractivity contribution in [3.8, 4) is 0 Å². The molecule has 0 fully saturated rings. The molecule has 0 unspecified atom stereocenters. The van der Waals surface area contributed by atoms with E-state index >= 15 is 0 Å². The Morgan fingerprint density at radius 1 is 1.38 bits per heavy atom. The summed E-state index contributed by atoms with van der Waals surface area (Å²) in [6, 6.07) is 7.24. The Labute approximate surface area is 109 Å². The van der Waals surface area contributed by atoms with Crippen molar-refractivity contribution in [2.24, 2.45) is 0 Å². The highest BCUT2D eigenvalue weighted by molar-refractivity contribution is 7.86. The predicted octanol–water partition coefficient (Wildman–Crippen LogP) is 3.15. The molecule has 3 nitrogen and oxygen atoms in total. The van der Waals surface area contributed by atoms with Gasteiger partial charge >= 0.3 is 0 Å². The van der Waals surface area contributed by atoms with Gasteiger partial charge in [-0.1, -0.05) is 23.7 Å². The third-order valence-electron chi connectivity index (χ3n) is 1.76. The molecule has 0 radical (unpaired) electrons. The molecule has 1 heterocycles. The summed E-state index contributed by atoms with van der Waals surface area (Å²) < 4.78 is 16.1. The smallest absolute Gasteiger partial charge is 0.235 e. The van der Waals surface area contributed by atoms with Gasteiger partial charge in [0, 0.05) is 5.02 Å². The normalized spacial score (nSPS) is 12.6. The summed E-state index contributed by atoms with van der Waals surface area (Å²) in [7, 11) is -1.22. The summed E-state index contributed by atoms with van der Waals surface area (Å²) in [6.45, 7) is 0. The van der Waals surface area contributed by atoms with Crippen molar-refractivity contribution in [2.75, 3.05) is 0 Å². The monoisotopic (exact) mass is 292 g/mol. The minimum absolute atomic E-state index is 0.138. The number of hydrogen-bond donors (Lipinski definition) is 0. The number of rotatable bonds is 3. The van der Waals surface area contributed by atoms with Crippen LogP contribution in [0.2, 0.25) is 10.3 Å². The minimum Gasteiger partial charge on any atom is -0.251 e. The third kappa shape index (κ3) is 3.01. The number of halogens is 2. The van der Waals surface area contributed by atoms with Crippen molar-refractivity contribution in [1.82, 2.24) is 9.36 Å². The summed E-state index contributed by atoms with van der Waals surface area (Å²) in [4.78, 5) is 3.87. The Morgan fingerprint density at radius 2 is 2.19 bits per heavy atom. The first-order valence-electron chi connectivity index (χ1n) is 4.27. The molecule has 1 aromatic heterocycles. The van der Waals surface area contributed by atoms with Crippen molar-refractivity contribution in [3.05, 3.63) is 40.1 Å². The number of benzene rings is 1. The molecule has 7 heteroatoms. The van der Waals surface area contributed by atoms with E-state index in [0.717, 1.165) is 17.1 Å². The van der Waals surface area contributed by atoms with Crippen LogP contribution in [0, 0.1) is 0 Å². The summed E-state index contributed by atoms with van der Waals surface area (Å²) >= 11 is 12.5. The van der Waals surface area contributed by atoms with Crippen LogP contribution in [0.25, 0.3) is 0 Å². The Bertz CT molecular complexity index is 530. The van der Waals surface area contributed by atoms with Crippen LogP contribution in [0.3, 0.4) is 0 Å². The maximum Gasteiger partial charge on any atom is 0.235 e. The largest absolute Gasteiger partial charge is 0.251 e. The minimum atomic E-state index is -1.22. The van der Waals surface area contributed by atoms with E-state index in [1.807, 2.05) is 12.1 Å². The van der Waals surface area contributed by atoms with E-state index in [-0.39, 0.29) is 5.28 Å². The maximum atomic E-state index is 11.9. The van der Waals surface area contributed by atoms with Crippen LogP contribution < -0.4 is 0 Å². The standard InChI is InChI=1S/C9H6Cl2N2OS2/c10-7-3-1-2-6(4-7)5-16(14)9-12-8(11)13-15-9/h1-4H,5H2/t16-/m0/s1. The fraction of sp³-hybridized carbons (Fsp3) is 0.111. The average Bonchev–Trinajstić information content (AvgIpc) is 2.65. The zero-order valence-corrected chi connectivity index (χ0v) is 11.0. The fourth-order valence-corrected chi connectivity index (χ4v) is 3.36. The van der Waals surface area contributed by atoms with Gasteiger partial charge in [-0.3, -0.25) is 4.21 Å². The number of hydrogen-bond acceptors (Lipinski definition) is 4. The first-order valence-corrected chi connectivity index (χ1v) is 7.12. The van der Waals surface area contributed by atoms with E-state index in [4.69, 9.17) is 23.2 Å². The Morgan fingerprint density at radius 3 is 2.81 bits per heavy atom. The van der Waals surface area contributed by atoms with E-state index in [9.17, 15) is 4.21 Å². The molecule has 2 aromatic rings. The highest BCUT2D eigenvalue weighted by atomic mass is 35.5. The van der Waals surface area contributed by atoms with Gasteiger partial charge < -0.3 is 0 Å². The van der Waals surface area contributed by atoms with Gasteiger partial charge in [0.15, 0.2) is 0 Å². The van der Waals surface area contributed by atoms with E-state index in [0.29, 0.717) is 15.1 Å². The second-order valence-corrected chi connectivity index (χ2v) is 6.10. The third-order valence-corrected chi connectivity index (χ3v) is 4.64. The summed E-state index contributed by atoms with van der Waals surface area (Å²) in [5, 5.41) is 0.768. The maximum absolute atomic E-state index is 11.9. The predicted molar refractivity (Wildman–Crippen MR) is 66.5 cm³/mol. The van der Waals surface area contributed by atoms with Crippen molar-refractivity contribution in [1.29, 1.82) is 0 Å². The second kappa shape index (κ2) is 5.23. The topological polar surface area (TPSA) is 42.9 Å². The average molecular weight is 293 g/mol. The van der Waals surface area contributed by atoms with Crippen LogP contribution in [0.4, 0.5) is 0 Å². The Hall–Kier alpha value is -0.490. The van der Waals surface area contributed by atoms with Crippen molar-refractivity contribution < 1.29 is 4.21 Å². The van der Waals surface area contributed by atoms with Crippen LogP contribution >= 0.6 is 34.7 Å². The zero-order chi connectivity index (χ0) is 11.5. The van der Waals surface area contributed by atoms with Gasteiger partial charge in [0.1, 0.15) is 0 Å².